The highest BCUT2D eigenvalue weighted by Crippen LogP contribution is 2.33. The van der Waals surface area contributed by atoms with E-state index in [-0.39, 0.29) is 0 Å². The van der Waals surface area contributed by atoms with Crippen LogP contribution in [0.2, 0.25) is 0 Å². The lowest BCUT2D eigenvalue weighted by atomic mass is 10.1. The molecule has 2 aromatic rings. The summed E-state index contributed by atoms with van der Waals surface area (Å²) in [6.07, 6.45) is 1.63. The third kappa shape index (κ3) is 2.07. The molecule has 0 saturated carbocycles. The van der Waals surface area contributed by atoms with Gasteiger partial charge in [-0.3, -0.25) is 0 Å². The first-order chi connectivity index (χ1) is 8.84. The molecule has 0 amide bonds. The first-order valence-electron chi connectivity index (χ1n) is 5.95. The lowest BCUT2D eigenvalue weighted by Crippen LogP contribution is -1.99. The van der Waals surface area contributed by atoms with Gasteiger partial charge < -0.3 is 19.0 Å². The van der Waals surface area contributed by atoms with Gasteiger partial charge in [-0.1, -0.05) is 6.07 Å². The Morgan fingerprint density at radius 3 is 2.67 bits per heavy atom. The molecule has 4 nitrogen and oxygen atoms in total. The van der Waals surface area contributed by atoms with Crippen LogP contribution in [0.15, 0.2) is 41.0 Å². The molecule has 1 aliphatic rings. The molecule has 1 aliphatic heterocycles. The van der Waals surface area contributed by atoms with Gasteiger partial charge in [-0.25, -0.2) is 0 Å². The van der Waals surface area contributed by atoms with Gasteiger partial charge in [0.15, 0.2) is 11.5 Å². The first-order valence-corrected chi connectivity index (χ1v) is 5.95. The molecule has 0 saturated heterocycles. The summed E-state index contributed by atoms with van der Waals surface area (Å²) < 4.78 is 16.3. The minimum Gasteiger partial charge on any atom is -0.490 e. The van der Waals surface area contributed by atoms with Crippen molar-refractivity contribution in [2.75, 3.05) is 13.2 Å². The van der Waals surface area contributed by atoms with E-state index in [1.54, 1.807) is 24.5 Å². The van der Waals surface area contributed by atoms with E-state index >= 15 is 0 Å². The summed E-state index contributed by atoms with van der Waals surface area (Å²) in [5.74, 6) is 1.92. The predicted molar refractivity (Wildman–Crippen MR) is 64.8 cm³/mol. The summed E-state index contributed by atoms with van der Waals surface area (Å²) in [6.45, 7) is 1.29. The third-order valence-electron chi connectivity index (χ3n) is 2.90. The average Bonchev–Trinajstić information content (AvgIpc) is 2.83. The maximum Gasteiger partial charge on any atom is 0.161 e. The summed E-state index contributed by atoms with van der Waals surface area (Å²) in [6, 6.07) is 8.94. The van der Waals surface area contributed by atoms with E-state index < -0.39 is 6.10 Å². The fraction of sp³-hybridized carbons (Fsp3) is 0.286. The molecule has 1 unspecified atom stereocenters. The Kier molecular flexibility index (Phi) is 2.94. The maximum atomic E-state index is 10.2. The third-order valence-corrected chi connectivity index (χ3v) is 2.90. The molecule has 0 aliphatic carbocycles. The molecule has 0 spiro atoms. The zero-order valence-electron chi connectivity index (χ0n) is 9.83. The number of fused-ring (bicyclic) bond motifs is 1. The van der Waals surface area contributed by atoms with Crippen molar-refractivity contribution in [3.63, 3.8) is 0 Å². The van der Waals surface area contributed by atoms with Crippen LogP contribution in [-0.4, -0.2) is 18.3 Å². The Morgan fingerprint density at radius 1 is 1.06 bits per heavy atom. The number of hydrogen-bond acceptors (Lipinski definition) is 4. The monoisotopic (exact) mass is 246 g/mol. The van der Waals surface area contributed by atoms with Crippen molar-refractivity contribution in [2.45, 2.75) is 12.5 Å². The molecular weight excluding hydrogens is 232 g/mol. The Bertz CT molecular complexity index is 519. The lowest BCUT2D eigenvalue weighted by Gasteiger charge is -2.12. The quantitative estimate of drug-likeness (QED) is 0.884. The van der Waals surface area contributed by atoms with Crippen LogP contribution in [0, 0.1) is 0 Å². The number of furan rings is 1. The summed E-state index contributed by atoms with van der Waals surface area (Å²) in [5.41, 5.74) is 0.731. The number of ether oxygens (including phenoxy) is 2. The smallest absolute Gasteiger partial charge is 0.161 e. The van der Waals surface area contributed by atoms with Gasteiger partial charge in [-0.05, 0) is 29.8 Å². The normalized spacial score (nSPS) is 16.1. The Labute approximate surface area is 105 Å². The van der Waals surface area contributed by atoms with Crippen LogP contribution < -0.4 is 9.47 Å². The molecule has 4 heteroatoms. The van der Waals surface area contributed by atoms with Crippen LogP contribution in [0.1, 0.15) is 23.8 Å². The summed E-state index contributed by atoms with van der Waals surface area (Å²) in [4.78, 5) is 0. The number of benzene rings is 1. The van der Waals surface area contributed by atoms with Crippen molar-refractivity contribution >= 4 is 0 Å². The van der Waals surface area contributed by atoms with Gasteiger partial charge in [0.05, 0.1) is 19.5 Å². The van der Waals surface area contributed by atoms with Crippen molar-refractivity contribution in [3.05, 3.63) is 47.9 Å². The molecule has 0 fully saturated rings. The second kappa shape index (κ2) is 4.74. The van der Waals surface area contributed by atoms with E-state index in [0.717, 1.165) is 17.7 Å². The van der Waals surface area contributed by atoms with Crippen molar-refractivity contribution < 1.29 is 19.0 Å². The van der Waals surface area contributed by atoms with Crippen LogP contribution in [0.4, 0.5) is 0 Å². The minimum atomic E-state index is -0.780. The zero-order valence-corrected chi connectivity index (χ0v) is 9.83. The fourth-order valence-corrected chi connectivity index (χ4v) is 1.96. The molecule has 1 N–H and O–H groups in total. The van der Waals surface area contributed by atoms with E-state index in [2.05, 4.69) is 0 Å². The highest BCUT2D eigenvalue weighted by Gasteiger charge is 2.17. The molecule has 18 heavy (non-hydrogen) atoms. The first kappa shape index (κ1) is 11.2. The maximum absolute atomic E-state index is 10.2. The van der Waals surface area contributed by atoms with Crippen LogP contribution in [0.3, 0.4) is 0 Å². The SMILES string of the molecule is OC(c1ccc2c(c1)OCCCO2)c1ccco1. The van der Waals surface area contributed by atoms with E-state index in [4.69, 9.17) is 13.9 Å². The van der Waals surface area contributed by atoms with Crippen molar-refractivity contribution in [1.82, 2.24) is 0 Å². The largest absolute Gasteiger partial charge is 0.490 e. The van der Waals surface area contributed by atoms with Gasteiger partial charge in [0.2, 0.25) is 0 Å². The molecular formula is C14H14O4. The van der Waals surface area contributed by atoms with Gasteiger partial charge in [-0.2, -0.15) is 0 Å². The molecule has 0 bridgehead atoms. The second-order valence-corrected chi connectivity index (χ2v) is 4.17. The van der Waals surface area contributed by atoms with Gasteiger partial charge in [-0.15, -0.1) is 0 Å². The standard InChI is InChI=1S/C14H14O4/c15-14(12-3-1-6-17-12)10-4-5-11-13(9-10)18-8-2-7-16-11/h1,3-6,9,14-15H,2,7-8H2. The molecule has 2 heterocycles. The van der Waals surface area contributed by atoms with Crippen molar-refractivity contribution in [1.29, 1.82) is 0 Å². The molecule has 0 radical (unpaired) electrons. The summed E-state index contributed by atoms with van der Waals surface area (Å²) >= 11 is 0. The second-order valence-electron chi connectivity index (χ2n) is 4.17. The van der Waals surface area contributed by atoms with Crippen molar-refractivity contribution in [2.24, 2.45) is 0 Å². The number of rotatable bonds is 2. The van der Waals surface area contributed by atoms with Crippen molar-refractivity contribution in [3.8, 4) is 11.5 Å². The fourth-order valence-electron chi connectivity index (χ4n) is 1.96. The van der Waals surface area contributed by atoms with E-state index in [1.807, 2.05) is 12.1 Å². The lowest BCUT2D eigenvalue weighted by molar-refractivity contribution is 0.188. The topological polar surface area (TPSA) is 51.8 Å². The van der Waals surface area contributed by atoms with E-state index in [1.165, 1.54) is 0 Å². The minimum absolute atomic E-state index is 0.518. The molecule has 94 valence electrons. The molecule has 1 atom stereocenters. The van der Waals surface area contributed by atoms with E-state index in [0.29, 0.717) is 24.7 Å². The highest BCUT2D eigenvalue weighted by molar-refractivity contribution is 5.45. The van der Waals surface area contributed by atoms with Gasteiger partial charge in [0.1, 0.15) is 11.9 Å². The number of aliphatic hydroxyl groups excluding tert-OH is 1. The van der Waals surface area contributed by atoms with E-state index in [9.17, 15) is 5.11 Å². The zero-order chi connectivity index (χ0) is 12.4. The van der Waals surface area contributed by atoms with Crippen LogP contribution >= 0.6 is 0 Å². The summed E-state index contributed by atoms with van der Waals surface area (Å²) in [5, 5.41) is 10.2. The van der Waals surface area contributed by atoms with Crippen LogP contribution in [0.25, 0.3) is 0 Å². The molecule has 1 aromatic carbocycles. The summed E-state index contributed by atoms with van der Waals surface area (Å²) in [7, 11) is 0. The molecule has 3 rings (SSSR count). The van der Waals surface area contributed by atoms with Crippen LogP contribution in [-0.2, 0) is 0 Å². The predicted octanol–water partition coefficient (Wildman–Crippen LogP) is 2.52. The number of aliphatic hydroxyl groups is 1. The number of hydrogen-bond donors (Lipinski definition) is 1. The van der Waals surface area contributed by atoms with Gasteiger partial charge >= 0.3 is 0 Å². The van der Waals surface area contributed by atoms with Crippen LogP contribution in [0.5, 0.6) is 11.5 Å². The Morgan fingerprint density at radius 2 is 1.89 bits per heavy atom. The average molecular weight is 246 g/mol. The highest BCUT2D eigenvalue weighted by atomic mass is 16.5. The Balaban J connectivity index is 1.92. The van der Waals surface area contributed by atoms with Gasteiger partial charge in [0, 0.05) is 6.42 Å². The molecule has 1 aromatic heterocycles. The van der Waals surface area contributed by atoms with Gasteiger partial charge in [0.25, 0.3) is 0 Å². The Hall–Kier alpha value is -1.94.